The summed E-state index contributed by atoms with van der Waals surface area (Å²) < 4.78 is 49.9. The predicted octanol–water partition coefficient (Wildman–Crippen LogP) is 6.89. The van der Waals surface area contributed by atoms with Crippen molar-refractivity contribution in [2.24, 2.45) is 7.05 Å². The number of nitrogens with zero attached hydrogens (tertiary/aromatic N) is 3. The molecule has 0 saturated carbocycles. The zero-order chi connectivity index (χ0) is 25.0. The Kier molecular flexibility index (Phi) is 8.41. The summed E-state index contributed by atoms with van der Waals surface area (Å²) >= 11 is 0. The summed E-state index contributed by atoms with van der Waals surface area (Å²) in [6, 6.07) is 21.2. The number of halogens is 4. The lowest BCUT2D eigenvalue weighted by molar-refractivity contribution is -0.274. The maximum absolute atomic E-state index is 12.6. The van der Waals surface area contributed by atoms with Crippen molar-refractivity contribution in [3.8, 4) is 22.9 Å². The SMILES string of the molecule is Cc1ccccc1-c1cc(C(OCc2cccc(OC(F)(F)F)c2)c2cncn2C)ccc1C#N.Cl. The molecule has 0 radical (unpaired) electrons. The van der Waals surface area contributed by atoms with Crippen LogP contribution in [0, 0.1) is 18.3 Å². The van der Waals surface area contributed by atoms with Gasteiger partial charge in [0.15, 0.2) is 0 Å². The zero-order valence-electron chi connectivity index (χ0n) is 19.5. The Hall–Kier alpha value is -3.80. The van der Waals surface area contributed by atoms with Crippen LogP contribution in [0.4, 0.5) is 13.2 Å². The van der Waals surface area contributed by atoms with E-state index in [4.69, 9.17) is 4.74 Å². The average molecular weight is 514 g/mol. The summed E-state index contributed by atoms with van der Waals surface area (Å²) in [4.78, 5) is 4.19. The lowest BCUT2D eigenvalue weighted by atomic mass is 9.93. The van der Waals surface area contributed by atoms with Crippen molar-refractivity contribution >= 4 is 12.4 Å². The molecule has 1 atom stereocenters. The Labute approximate surface area is 213 Å². The molecule has 36 heavy (non-hydrogen) atoms. The van der Waals surface area contributed by atoms with Crippen molar-refractivity contribution in [2.75, 3.05) is 0 Å². The van der Waals surface area contributed by atoms with Crippen molar-refractivity contribution in [2.45, 2.75) is 26.0 Å². The number of aryl methyl sites for hydroxylation is 2. The van der Waals surface area contributed by atoms with E-state index in [1.807, 2.05) is 54.9 Å². The molecule has 0 bridgehead atoms. The molecule has 0 saturated heterocycles. The van der Waals surface area contributed by atoms with E-state index in [-0.39, 0.29) is 24.8 Å². The van der Waals surface area contributed by atoms with E-state index in [1.165, 1.54) is 18.2 Å². The highest BCUT2D eigenvalue weighted by molar-refractivity contribution is 5.85. The quantitative estimate of drug-likeness (QED) is 0.270. The lowest BCUT2D eigenvalue weighted by Gasteiger charge is -2.21. The number of hydrogen-bond acceptors (Lipinski definition) is 4. The first-order chi connectivity index (χ1) is 16.7. The molecule has 0 N–H and O–H groups in total. The molecular formula is C27H23ClF3N3O2. The summed E-state index contributed by atoms with van der Waals surface area (Å²) in [5.74, 6) is -0.309. The first-order valence-corrected chi connectivity index (χ1v) is 10.8. The molecule has 186 valence electrons. The van der Waals surface area contributed by atoms with Crippen LogP contribution in [0.3, 0.4) is 0 Å². The summed E-state index contributed by atoms with van der Waals surface area (Å²) in [7, 11) is 1.84. The molecule has 1 unspecified atom stereocenters. The fourth-order valence-electron chi connectivity index (χ4n) is 3.90. The highest BCUT2D eigenvalue weighted by Gasteiger charge is 2.31. The van der Waals surface area contributed by atoms with E-state index < -0.39 is 12.5 Å². The fourth-order valence-corrected chi connectivity index (χ4v) is 3.90. The van der Waals surface area contributed by atoms with Gasteiger partial charge in [-0.1, -0.05) is 42.5 Å². The van der Waals surface area contributed by atoms with Crippen LogP contribution in [0.1, 0.15) is 34.1 Å². The highest BCUT2D eigenvalue weighted by atomic mass is 35.5. The highest BCUT2D eigenvalue weighted by Crippen LogP contribution is 2.34. The number of rotatable bonds is 7. The summed E-state index contributed by atoms with van der Waals surface area (Å²) in [6.07, 6.45) is -2.02. The van der Waals surface area contributed by atoms with E-state index in [1.54, 1.807) is 24.7 Å². The van der Waals surface area contributed by atoms with Crippen molar-refractivity contribution < 1.29 is 22.6 Å². The number of alkyl halides is 3. The van der Waals surface area contributed by atoms with E-state index in [9.17, 15) is 18.4 Å². The molecule has 4 rings (SSSR count). The third-order valence-electron chi connectivity index (χ3n) is 5.57. The van der Waals surface area contributed by atoms with Crippen molar-refractivity contribution in [1.29, 1.82) is 5.26 Å². The van der Waals surface area contributed by atoms with Gasteiger partial charge in [0.1, 0.15) is 11.9 Å². The van der Waals surface area contributed by atoms with E-state index >= 15 is 0 Å². The molecule has 0 spiro atoms. The van der Waals surface area contributed by atoms with Gasteiger partial charge in [-0.25, -0.2) is 4.98 Å². The molecule has 9 heteroatoms. The van der Waals surface area contributed by atoms with Crippen LogP contribution in [0.25, 0.3) is 11.1 Å². The van der Waals surface area contributed by atoms with Crippen LogP contribution >= 0.6 is 12.4 Å². The molecule has 0 aliphatic carbocycles. The second-order valence-corrected chi connectivity index (χ2v) is 8.05. The number of aromatic nitrogens is 2. The van der Waals surface area contributed by atoms with Crippen LogP contribution in [0.2, 0.25) is 0 Å². The lowest BCUT2D eigenvalue weighted by Crippen LogP contribution is -2.17. The zero-order valence-corrected chi connectivity index (χ0v) is 20.3. The first kappa shape index (κ1) is 26.8. The predicted molar refractivity (Wildman–Crippen MR) is 132 cm³/mol. The molecule has 1 aromatic heterocycles. The number of ether oxygens (including phenoxy) is 2. The van der Waals surface area contributed by atoms with Gasteiger partial charge in [-0.15, -0.1) is 25.6 Å². The van der Waals surface area contributed by atoms with Gasteiger partial charge in [0.2, 0.25) is 0 Å². The minimum absolute atomic E-state index is 0. The molecular weight excluding hydrogens is 491 g/mol. The minimum Gasteiger partial charge on any atom is -0.406 e. The molecule has 0 fully saturated rings. The standard InChI is InChI=1S/C27H22F3N3O2.ClH/c1-18-6-3-4-9-23(18)24-13-20(10-11-21(24)14-31)26(25-15-32-17-33(25)2)34-16-19-7-5-8-22(12-19)35-27(28,29)30;/h3-13,15,17,26H,16H2,1-2H3;1H. The monoisotopic (exact) mass is 513 g/mol. The fraction of sp³-hybridized carbons (Fsp3) is 0.185. The molecule has 0 aliphatic rings. The van der Waals surface area contributed by atoms with Gasteiger partial charge in [0.25, 0.3) is 0 Å². The topological polar surface area (TPSA) is 60.1 Å². The van der Waals surface area contributed by atoms with Crippen LogP contribution in [-0.4, -0.2) is 15.9 Å². The van der Waals surface area contributed by atoms with E-state index in [0.717, 1.165) is 27.9 Å². The third-order valence-corrected chi connectivity index (χ3v) is 5.57. The Morgan fingerprint density at radius 1 is 1.03 bits per heavy atom. The van der Waals surface area contributed by atoms with Crippen LogP contribution in [0.5, 0.6) is 5.75 Å². The molecule has 0 amide bonds. The molecule has 1 heterocycles. The summed E-state index contributed by atoms with van der Waals surface area (Å²) in [6.45, 7) is 2.01. The van der Waals surface area contributed by atoms with E-state index in [2.05, 4.69) is 15.8 Å². The maximum Gasteiger partial charge on any atom is 0.573 e. The van der Waals surface area contributed by atoms with Gasteiger partial charge in [0.05, 0.1) is 36.5 Å². The summed E-state index contributed by atoms with van der Waals surface area (Å²) in [5.41, 5.74) is 5.34. The second kappa shape index (κ2) is 11.3. The molecule has 0 aliphatic heterocycles. The van der Waals surface area contributed by atoms with Gasteiger partial charge >= 0.3 is 6.36 Å². The Morgan fingerprint density at radius 2 is 1.81 bits per heavy atom. The number of nitriles is 1. The van der Waals surface area contributed by atoms with Crippen molar-refractivity contribution in [3.05, 3.63) is 107 Å². The first-order valence-electron chi connectivity index (χ1n) is 10.8. The average Bonchev–Trinajstić information content (AvgIpc) is 3.24. The second-order valence-electron chi connectivity index (χ2n) is 8.05. The van der Waals surface area contributed by atoms with Crippen LogP contribution in [-0.2, 0) is 18.4 Å². The van der Waals surface area contributed by atoms with Gasteiger partial charge in [-0.2, -0.15) is 5.26 Å². The Bertz CT molecular complexity index is 1380. The third kappa shape index (κ3) is 6.25. The van der Waals surface area contributed by atoms with Gasteiger partial charge in [-0.05, 0) is 53.4 Å². The smallest absolute Gasteiger partial charge is 0.406 e. The summed E-state index contributed by atoms with van der Waals surface area (Å²) in [5, 5.41) is 9.70. The van der Waals surface area contributed by atoms with Gasteiger partial charge in [-0.3, -0.25) is 0 Å². The van der Waals surface area contributed by atoms with Crippen molar-refractivity contribution in [1.82, 2.24) is 9.55 Å². The Balaban J connectivity index is 0.00000361. The van der Waals surface area contributed by atoms with Gasteiger partial charge in [0, 0.05) is 12.6 Å². The largest absolute Gasteiger partial charge is 0.573 e. The normalized spacial score (nSPS) is 11.9. The van der Waals surface area contributed by atoms with Crippen molar-refractivity contribution in [3.63, 3.8) is 0 Å². The van der Waals surface area contributed by atoms with Gasteiger partial charge < -0.3 is 14.0 Å². The van der Waals surface area contributed by atoms with Crippen LogP contribution in [0.15, 0.2) is 79.3 Å². The van der Waals surface area contributed by atoms with E-state index in [0.29, 0.717) is 11.1 Å². The number of hydrogen-bond donors (Lipinski definition) is 0. The van der Waals surface area contributed by atoms with Crippen LogP contribution < -0.4 is 4.74 Å². The molecule has 4 aromatic rings. The Morgan fingerprint density at radius 3 is 2.47 bits per heavy atom. The maximum atomic E-state index is 12.6. The minimum atomic E-state index is -4.77. The molecule has 5 nitrogen and oxygen atoms in total. The molecule has 3 aromatic carbocycles. The number of benzene rings is 3. The number of imidazole rings is 1.